The maximum atomic E-state index is 6.02. The number of anilines is 1. The zero-order valence-corrected chi connectivity index (χ0v) is 12.0. The summed E-state index contributed by atoms with van der Waals surface area (Å²) in [5.74, 6) is 0.823. The van der Waals surface area contributed by atoms with Crippen molar-refractivity contribution in [3.05, 3.63) is 48.0 Å². The summed E-state index contributed by atoms with van der Waals surface area (Å²) in [5.41, 5.74) is 10.9. The number of benzene rings is 2. The van der Waals surface area contributed by atoms with Gasteiger partial charge in [-0.15, -0.1) is 0 Å². The van der Waals surface area contributed by atoms with Crippen molar-refractivity contribution in [3.63, 3.8) is 0 Å². The summed E-state index contributed by atoms with van der Waals surface area (Å²) in [6.45, 7) is 2.03. The van der Waals surface area contributed by atoms with Crippen LogP contribution < -0.4 is 5.73 Å². The van der Waals surface area contributed by atoms with E-state index in [4.69, 9.17) is 5.73 Å². The molecule has 0 amide bonds. The van der Waals surface area contributed by atoms with Gasteiger partial charge in [-0.2, -0.15) is 0 Å². The summed E-state index contributed by atoms with van der Waals surface area (Å²) in [5, 5.41) is 0. The van der Waals surface area contributed by atoms with Crippen molar-refractivity contribution in [2.45, 2.75) is 6.92 Å². The SMILES string of the molecule is Cc1ccc(-c2nc3ccccc3[nH]2)c(N)c1.S=S. The number of aromatic amines is 1. The highest BCUT2D eigenvalue weighted by Crippen LogP contribution is 2.26. The summed E-state index contributed by atoms with van der Waals surface area (Å²) in [6, 6.07) is 14.0. The van der Waals surface area contributed by atoms with Gasteiger partial charge in [0, 0.05) is 33.6 Å². The average molecular weight is 287 g/mol. The van der Waals surface area contributed by atoms with Gasteiger partial charge >= 0.3 is 0 Å². The Morgan fingerprint density at radius 2 is 1.84 bits per heavy atom. The molecule has 3 N–H and O–H groups in total. The molecule has 0 unspecified atom stereocenters. The number of nitrogens with two attached hydrogens (primary N) is 1. The van der Waals surface area contributed by atoms with E-state index in [1.807, 2.05) is 49.4 Å². The number of hydrogen-bond donors (Lipinski definition) is 2. The molecule has 3 aromatic rings. The van der Waals surface area contributed by atoms with Crippen LogP contribution in [0.2, 0.25) is 0 Å². The minimum Gasteiger partial charge on any atom is -0.398 e. The number of nitrogens with zero attached hydrogens (tertiary/aromatic N) is 1. The lowest BCUT2D eigenvalue weighted by Crippen LogP contribution is -1.91. The van der Waals surface area contributed by atoms with Crippen LogP contribution in [0.25, 0.3) is 22.4 Å². The lowest BCUT2D eigenvalue weighted by molar-refractivity contribution is 1.33. The Bertz CT molecular complexity index is 674. The zero-order chi connectivity index (χ0) is 13.8. The largest absolute Gasteiger partial charge is 0.398 e. The standard InChI is InChI=1S/C14H13N3.S2/c1-9-6-7-10(11(15)8-9)14-16-12-4-2-3-5-13(12)17-14;1-2/h2-8H,15H2,1H3,(H,16,17);. The predicted octanol–water partition coefficient (Wildman–Crippen LogP) is 3.12. The fourth-order valence-corrected chi connectivity index (χ4v) is 1.98. The first kappa shape index (κ1) is 13.6. The highest BCUT2D eigenvalue weighted by Gasteiger charge is 2.07. The number of hydrogen-bond acceptors (Lipinski definition) is 4. The van der Waals surface area contributed by atoms with Gasteiger partial charge in [-0.3, -0.25) is 0 Å². The Morgan fingerprint density at radius 3 is 2.53 bits per heavy atom. The van der Waals surface area contributed by atoms with Crippen LogP contribution in [0.15, 0.2) is 42.5 Å². The fourth-order valence-electron chi connectivity index (χ4n) is 1.98. The third-order valence-corrected chi connectivity index (χ3v) is 2.85. The number of aryl methyl sites for hydroxylation is 1. The molecule has 96 valence electrons. The van der Waals surface area contributed by atoms with Gasteiger partial charge < -0.3 is 10.7 Å². The molecule has 3 nitrogen and oxygen atoms in total. The van der Waals surface area contributed by atoms with Crippen molar-refractivity contribution in [1.29, 1.82) is 0 Å². The van der Waals surface area contributed by atoms with Crippen LogP contribution in [0.3, 0.4) is 0 Å². The van der Waals surface area contributed by atoms with Crippen LogP contribution in [0.5, 0.6) is 0 Å². The van der Waals surface area contributed by atoms with Crippen LogP contribution in [0, 0.1) is 6.92 Å². The number of H-pyrrole nitrogens is 1. The van der Waals surface area contributed by atoms with Gasteiger partial charge in [-0.25, -0.2) is 4.98 Å². The molecule has 1 heterocycles. The van der Waals surface area contributed by atoms with Crippen molar-refractivity contribution in [1.82, 2.24) is 9.97 Å². The minimum absolute atomic E-state index is 0.754. The Morgan fingerprint density at radius 1 is 1.11 bits per heavy atom. The minimum atomic E-state index is 0.754. The normalized spacial score (nSPS) is 9.95. The van der Waals surface area contributed by atoms with E-state index in [1.54, 1.807) is 0 Å². The summed E-state index contributed by atoms with van der Waals surface area (Å²) in [6.07, 6.45) is 0. The molecule has 2 aromatic carbocycles. The van der Waals surface area contributed by atoms with E-state index in [0.29, 0.717) is 0 Å². The summed E-state index contributed by atoms with van der Waals surface area (Å²) in [4.78, 5) is 7.82. The smallest absolute Gasteiger partial charge is 0.140 e. The number of aromatic nitrogens is 2. The van der Waals surface area contributed by atoms with E-state index in [-0.39, 0.29) is 0 Å². The molecule has 0 saturated carbocycles. The second-order valence-corrected chi connectivity index (χ2v) is 4.19. The Hall–Kier alpha value is -1.85. The van der Waals surface area contributed by atoms with Crippen molar-refractivity contribution in [2.75, 3.05) is 5.73 Å². The van der Waals surface area contributed by atoms with Gasteiger partial charge in [-0.1, -0.05) is 18.2 Å². The number of nitrogen functional groups attached to an aromatic ring is 1. The van der Waals surface area contributed by atoms with E-state index in [9.17, 15) is 0 Å². The number of para-hydroxylation sites is 2. The number of fused-ring (bicyclic) bond motifs is 1. The summed E-state index contributed by atoms with van der Waals surface area (Å²) in [7, 11) is 0. The van der Waals surface area contributed by atoms with Gasteiger partial charge in [0.1, 0.15) is 5.82 Å². The Kier molecular flexibility index (Phi) is 4.19. The average Bonchev–Trinajstić information content (AvgIpc) is 2.84. The van der Waals surface area contributed by atoms with Crippen LogP contribution in [0.4, 0.5) is 5.69 Å². The van der Waals surface area contributed by atoms with Gasteiger partial charge in [0.05, 0.1) is 11.0 Å². The van der Waals surface area contributed by atoms with Crippen LogP contribution in [0.1, 0.15) is 5.56 Å². The maximum Gasteiger partial charge on any atom is 0.140 e. The van der Waals surface area contributed by atoms with Crippen molar-refractivity contribution >= 4 is 39.1 Å². The highest BCUT2D eigenvalue weighted by atomic mass is 32.8. The lowest BCUT2D eigenvalue weighted by atomic mass is 10.1. The fraction of sp³-hybridized carbons (Fsp3) is 0.0714. The van der Waals surface area contributed by atoms with Crippen molar-refractivity contribution < 1.29 is 0 Å². The molecule has 0 radical (unpaired) electrons. The van der Waals surface area contributed by atoms with Crippen molar-refractivity contribution in [3.8, 4) is 11.4 Å². The molecule has 19 heavy (non-hydrogen) atoms. The molecule has 0 fully saturated rings. The molecular weight excluding hydrogens is 274 g/mol. The van der Waals surface area contributed by atoms with E-state index in [1.165, 1.54) is 0 Å². The summed E-state index contributed by atoms with van der Waals surface area (Å²) >= 11 is 7.33. The quantitative estimate of drug-likeness (QED) is 0.675. The number of imidazole rings is 1. The molecule has 1 aromatic heterocycles. The van der Waals surface area contributed by atoms with Crippen LogP contribution in [-0.2, 0) is 22.4 Å². The van der Waals surface area contributed by atoms with Crippen LogP contribution in [-0.4, -0.2) is 9.97 Å². The molecule has 0 aliphatic carbocycles. The molecule has 5 heteroatoms. The monoisotopic (exact) mass is 287 g/mol. The third kappa shape index (κ3) is 2.77. The van der Waals surface area contributed by atoms with E-state index in [2.05, 4.69) is 32.3 Å². The van der Waals surface area contributed by atoms with Gasteiger partial charge in [0.25, 0.3) is 0 Å². The molecule has 0 bridgehead atoms. The third-order valence-electron chi connectivity index (χ3n) is 2.85. The summed E-state index contributed by atoms with van der Waals surface area (Å²) < 4.78 is 0. The zero-order valence-electron chi connectivity index (χ0n) is 10.4. The second-order valence-electron chi connectivity index (χ2n) is 4.19. The highest BCUT2D eigenvalue weighted by molar-refractivity contribution is 8.07. The number of rotatable bonds is 1. The topological polar surface area (TPSA) is 54.7 Å². The Balaban J connectivity index is 0.000000637. The second kappa shape index (κ2) is 5.86. The maximum absolute atomic E-state index is 6.02. The van der Waals surface area contributed by atoms with Crippen molar-refractivity contribution in [2.24, 2.45) is 0 Å². The van der Waals surface area contributed by atoms with Crippen LogP contribution >= 0.6 is 0 Å². The molecule has 0 aliphatic rings. The lowest BCUT2D eigenvalue weighted by Gasteiger charge is -2.02. The molecule has 3 rings (SSSR count). The molecular formula is C14H13N3S2. The predicted molar refractivity (Wildman–Crippen MR) is 85.4 cm³/mol. The molecule has 0 aliphatic heterocycles. The van der Waals surface area contributed by atoms with Gasteiger partial charge in [0.2, 0.25) is 0 Å². The van der Waals surface area contributed by atoms with E-state index >= 15 is 0 Å². The first-order chi connectivity index (χ1) is 9.24. The van der Waals surface area contributed by atoms with E-state index in [0.717, 1.165) is 33.7 Å². The van der Waals surface area contributed by atoms with Gasteiger partial charge in [0.15, 0.2) is 0 Å². The first-order valence-electron chi connectivity index (χ1n) is 5.72. The molecule has 0 atom stereocenters. The van der Waals surface area contributed by atoms with Gasteiger partial charge in [-0.05, 0) is 36.8 Å². The first-order valence-corrected chi connectivity index (χ1v) is 7.05. The molecule has 0 saturated heterocycles. The Labute approximate surface area is 121 Å². The van der Waals surface area contributed by atoms with E-state index < -0.39 is 0 Å². The number of nitrogens with one attached hydrogen (secondary N) is 1. The molecule has 0 spiro atoms.